The fourth-order valence-corrected chi connectivity index (χ4v) is 10.4. The second-order valence-corrected chi connectivity index (χ2v) is 21.1. The van der Waals surface area contributed by atoms with E-state index in [0.717, 1.165) is 34.5 Å². The molecule has 4 aromatic rings. The van der Waals surface area contributed by atoms with Gasteiger partial charge < -0.3 is 19.0 Å². The third-order valence-corrected chi connectivity index (χ3v) is 13.4. The highest BCUT2D eigenvalue weighted by Crippen LogP contribution is 2.41. The fraction of sp³-hybridized carbons (Fsp3) is 0.455. The summed E-state index contributed by atoms with van der Waals surface area (Å²) in [5, 5.41) is 9.35. The third-order valence-electron chi connectivity index (χ3n) is 11.0. The molecule has 6 rings (SSSR count). The Morgan fingerprint density at radius 3 is 1.41 bits per heavy atom. The van der Waals surface area contributed by atoms with Crippen LogP contribution in [0, 0.1) is 24.7 Å². The average molecular weight is 835 g/mol. The second kappa shape index (κ2) is 16.4. The predicted octanol–water partition coefficient (Wildman–Crippen LogP) is 6.54. The van der Waals surface area contributed by atoms with Crippen LogP contribution in [-0.4, -0.2) is 73.7 Å². The van der Waals surface area contributed by atoms with Gasteiger partial charge in [-0.15, -0.1) is 0 Å². The number of rotatable bonds is 11. The number of carboxylic acid groups (broad SMARTS) is 1. The zero-order valence-corrected chi connectivity index (χ0v) is 36.4. The van der Waals surface area contributed by atoms with E-state index in [9.17, 15) is 41.1 Å². The molecule has 0 bridgehead atoms. The molecule has 0 saturated heterocycles. The van der Waals surface area contributed by atoms with Gasteiger partial charge in [-0.1, -0.05) is 64.1 Å². The fourth-order valence-electron chi connectivity index (χ4n) is 8.55. The molecule has 12 nitrogen and oxygen atoms in total. The van der Waals surface area contributed by atoms with E-state index in [4.69, 9.17) is 4.74 Å². The maximum Gasteiger partial charge on any atom is 0.325 e. The molecule has 14 heteroatoms. The van der Waals surface area contributed by atoms with Gasteiger partial charge in [0.05, 0.1) is 16.4 Å². The maximum atomic E-state index is 13.1. The Bertz CT molecular complexity index is 2540. The van der Waals surface area contributed by atoms with Gasteiger partial charge in [0, 0.05) is 72.1 Å². The normalized spacial score (nSPS) is 15.9. The van der Waals surface area contributed by atoms with Gasteiger partial charge >= 0.3 is 11.9 Å². The van der Waals surface area contributed by atoms with Crippen molar-refractivity contribution < 1.29 is 45.9 Å². The molecule has 2 heterocycles. The third kappa shape index (κ3) is 9.55. The number of hydrogen-bond donors (Lipinski definition) is 1. The minimum Gasteiger partial charge on any atom is -0.480 e. The summed E-state index contributed by atoms with van der Waals surface area (Å²) in [6, 6.07) is 13.6. The summed E-state index contributed by atoms with van der Waals surface area (Å²) in [6.45, 7) is 13.7. The van der Waals surface area contributed by atoms with Gasteiger partial charge in [-0.3, -0.25) is 19.2 Å². The van der Waals surface area contributed by atoms with Gasteiger partial charge in [-0.2, -0.15) is 0 Å². The number of fused-ring (bicyclic) bond motifs is 2. The first kappa shape index (κ1) is 44.3. The van der Waals surface area contributed by atoms with Crippen LogP contribution in [0.5, 0.6) is 0 Å². The second-order valence-electron chi connectivity index (χ2n) is 17.1. The zero-order valence-electron chi connectivity index (χ0n) is 34.8. The van der Waals surface area contributed by atoms with Crippen LogP contribution in [0.3, 0.4) is 0 Å². The lowest BCUT2D eigenvalue weighted by Gasteiger charge is -2.30. The molecule has 0 aliphatic heterocycles. The number of aliphatic carboxylic acids is 1. The SMILES string of the molecule is CCOC(=O)Cn1c(C)c(Cc2ccccc2S(C)(=O)=O)c2c1CC(C)(C)CC2=O.Cc1c(Cc2ccccc2S(C)(=O)=O)c2c(n1CC(=O)O)CC(C)(C)CC2=O. The highest BCUT2D eigenvalue weighted by atomic mass is 32.2. The highest BCUT2D eigenvalue weighted by Gasteiger charge is 2.39. The van der Waals surface area contributed by atoms with Crippen LogP contribution >= 0.6 is 0 Å². The minimum absolute atomic E-state index is 0.00896. The molecule has 0 fully saturated rings. The van der Waals surface area contributed by atoms with E-state index < -0.39 is 25.6 Å². The number of sulfone groups is 2. The molecule has 0 unspecified atom stereocenters. The molecule has 0 radical (unpaired) electrons. The summed E-state index contributed by atoms with van der Waals surface area (Å²) in [6.07, 6.45) is 5.03. The topological polar surface area (TPSA) is 176 Å². The number of aromatic nitrogens is 2. The summed E-state index contributed by atoms with van der Waals surface area (Å²) in [5.74, 6) is -1.29. The number of hydrogen-bond acceptors (Lipinski definition) is 9. The average Bonchev–Trinajstić information content (AvgIpc) is 3.48. The molecule has 2 aromatic carbocycles. The summed E-state index contributed by atoms with van der Waals surface area (Å²) in [7, 11) is -6.82. The summed E-state index contributed by atoms with van der Waals surface area (Å²) < 4.78 is 57.6. The van der Waals surface area contributed by atoms with Gasteiger partial charge in [0.25, 0.3) is 0 Å². The molecule has 0 saturated carbocycles. The molecule has 0 atom stereocenters. The van der Waals surface area contributed by atoms with Crippen LogP contribution in [0.25, 0.3) is 0 Å². The summed E-state index contributed by atoms with van der Waals surface area (Å²) in [5.41, 5.74) is 6.65. The Labute approximate surface area is 341 Å². The van der Waals surface area contributed by atoms with E-state index in [1.165, 1.54) is 6.26 Å². The standard InChI is InChI=1S/C23H29NO5S.C21H25NO5S/c1-6-29-21(26)14-24-15(2)17(22-18(24)12-23(3,4)13-19(22)25)11-16-9-7-8-10-20(16)30(5,27)28;1-13-15(9-14-7-5-6-8-18(14)28(4,26)27)20-16(22(13)12-19(24)25)10-21(2,3)11-17(20)23/h7-10H,6,11-14H2,1-5H3;5-8H,9-12H2,1-4H3,(H,24,25). The smallest absolute Gasteiger partial charge is 0.325 e. The van der Waals surface area contributed by atoms with Crippen LogP contribution in [0.2, 0.25) is 0 Å². The van der Waals surface area contributed by atoms with Crippen molar-refractivity contribution in [3.63, 3.8) is 0 Å². The van der Waals surface area contributed by atoms with Crippen LogP contribution in [0.1, 0.15) is 113 Å². The van der Waals surface area contributed by atoms with Crippen molar-refractivity contribution in [1.29, 1.82) is 0 Å². The lowest BCUT2D eigenvalue weighted by Crippen LogP contribution is -2.29. The Hall–Kier alpha value is -4.82. The van der Waals surface area contributed by atoms with Gasteiger partial charge in [-0.25, -0.2) is 16.8 Å². The number of carboxylic acids is 1. The molecule has 312 valence electrons. The van der Waals surface area contributed by atoms with Gasteiger partial charge in [0.15, 0.2) is 31.2 Å². The van der Waals surface area contributed by atoms with Crippen molar-refractivity contribution >= 4 is 43.2 Å². The van der Waals surface area contributed by atoms with E-state index in [1.54, 1.807) is 66.9 Å². The van der Waals surface area contributed by atoms with E-state index >= 15 is 0 Å². The van der Waals surface area contributed by atoms with Gasteiger partial charge in [0.2, 0.25) is 0 Å². The number of nitrogens with zero attached hydrogens (tertiary/aromatic N) is 2. The van der Waals surface area contributed by atoms with E-state index in [1.807, 2.05) is 39.2 Å². The van der Waals surface area contributed by atoms with Crippen LogP contribution in [-0.2, 0) is 72.8 Å². The summed E-state index contributed by atoms with van der Waals surface area (Å²) in [4.78, 5) is 50.2. The van der Waals surface area contributed by atoms with Crippen molar-refractivity contribution in [2.75, 3.05) is 19.1 Å². The molecule has 58 heavy (non-hydrogen) atoms. The molecule has 2 aromatic heterocycles. The first-order valence-corrected chi connectivity index (χ1v) is 23.0. The number of carbonyl (C=O) groups is 4. The van der Waals surface area contributed by atoms with Crippen molar-refractivity contribution in [2.45, 2.75) is 110 Å². The first-order chi connectivity index (χ1) is 26.8. The van der Waals surface area contributed by atoms with Crippen molar-refractivity contribution in [2.24, 2.45) is 10.8 Å². The maximum absolute atomic E-state index is 13.1. The Morgan fingerprint density at radius 1 is 0.672 bits per heavy atom. The van der Waals surface area contributed by atoms with E-state index in [2.05, 4.69) is 0 Å². The number of carbonyl (C=O) groups excluding carboxylic acids is 3. The van der Waals surface area contributed by atoms with E-state index in [0.29, 0.717) is 66.7 Å². The number of ether oxygens (including phenoxy) is 1. The molecule has 2 aliphatic rings. The van der Waals surface area contributed by atoms with Crippen LogP contribution in [0.4, 0.5) is 0 Å². The number of ketones is 2. The van der Waals surface area contributed by atoms with Crippen molar-refractivity contribution in [3.05, 3.63) is 105 Å². The predicted molar refractivity (Wildman–Crippen MR) is 220 cm³/mol. The molecular weight excluding hydrogens is 781 g/mol. The minimum atomic E-state index is -3.42. The van der Waals surface area contributed by atoms with E-state index in [-0.39, 0.29) is 57.7 Å². The molecular formula is C44H54N2O10S2. The largest absolute Gasteiger partial charge is 0.480 e. The number of benzene rings is 2. The molecule has 2 aliphatic carbocycles. The van der Waals surface area contributed by atoms with Crippen LogP contribution in [0.15, 0.2) is 58.3 Å². The number of Topliss-reactive ketones (excluding diaryl/α,β-unsaturated/α-hetero) is 2. The van der Waals surface area contributed by atoms with Crippen LogP contribution < -0.4 is 0 Å². The first-order valence-electron chi connectivity index (χ1n) is 19.3. The van der Waals surface area contributed by atoms with Crippen molar-refractivity contribution in [1.82, 2.24) is 9.13 Å². The Morgan fingerprint density at radius 2 is 1.05 bits per heavy atom. The highest BCUT2D eigenvalue weighted by molar-refractivity contribution is 7.91. The van der Waals surface area contributed by atoms with Gasteiger partial charge in [0.1, 0.15) is 13.1 Å². The van der Waals surface area contributed by atoms with Gasteiger partial charge in [-0.05, 0) is 78.8 Å². The Balaban J connectivity index is 0.000000221. The number of esters is 1. The molecule has 0 amide bonds. The molecule has 0 spiro atoms. The lowest BCUT2D eigenvalue weighted by atomic mass is 9.75. The Kier molecular flexibility index (Phi) is 12.6. The quantitative estimate of drug-likeness (QED) is 0.163. The lowest BCUT2D eigenvalue weighted by molar-refractivity contribution is -0.144. The molecule has 1 N–H and O–H groups in total. The van der Waals surface area contributed by atoms with Crippen molar-refractivity contribution in [3.8, 4) is 0 Å². The monoisotopic (exact) mass is 834 g/mol. The zero-order chi connectivity index (χ0) is 43.1. The summed E-state index contributed by atoms with van der Waals surface area (Å²) >= 11 is 0.